The van der Waals surface area contributed by atoms with E-state index in [9.17, 15) is 14.7 Å². The number of nitrogens with zero attached hydrogens (tertiary/aromatic N) is 3. The Bertz CT molecular complexity index is 687. The molecule has 0 radical (unpaired) electrons. The van der Waals surface area contributed by atoms with Crippen molar-refractivity contribution in [3.05, 3.63) is 27.2 Å². The molecule has 0 bridgehead atoms. The van der Waals surface area contributed by atoms with Gasteiger partial charge in [0.05, 0.1) is 11.9 Å². The van der Waals surface area contributed by atoms with Gasteiger partial charge in [0.25, 0.3) is 5.56 Å². The lowest BCUT2D eigenvalue weighted by atomic mass is 10.1. The Morgan fingerprint density at radius 1 is 1.44 bits per heavy atom. The number of fused-ring (bicyclic) bond motifs is 1. The topological polar surface area (TPSA) is 92.9 Å². The molecule has 18 heavy (non-hydrogen) atoms. The number of H-pyrrole nitrogens is 1. The normalized spacial score (nSPS) is 12.2. The first kappa shape index (κ1) is 12.6. The number of hydrogen-bond donors (Lipinski definition) is 2. The van der Waals surface area contributed by atoms with Crippen molar-refractivity contribution in [3.63, 3.8) is 0 Å². The van der Waals surface area contributed by atoms with Gasteiger partial charge in [-0.05, 0) is 20.3 Å². The number of hydrogen-bond acceptors (Lipinski definition) is 4. The highest BCUT2D eigenvalue weighted by Gasteiger charge is 2.17. The van der Waals surface area contributed by atoms with Gasteiger partial charge in [0.2, 0.25) is 0 Å². The van der Waals surface area contributed by atoms with Crippen LogP contribution in [-0.4, -0.2) is 29.8 Å². The van der Waals surface area contributed by atoms with Gasteiger partial charge in [0, 0.05) is 13.6 Å². The van der Waals surface area contributed by atoms with Crippen LogP contribution in [0.2, 0.25) is 0 Å². The fraction of sp³-hybridized carbons (Fsp3) is 0.545. The molecule has 0 spiro atoms. The van der Waals surface area contributed by atoms with E-state index < -0.39 is 16.9 Å². The van der Waals surface area contributed by atoms with E-state index in [0.717, 1.165) is 4.57 Å². The number of aromatic nitrogens is 4. The molecule has 0 unspecified atom stereocenters. The summed E-state index contributed by atoms with van der Waals surface area (Å²) in [6, 6.07) is 0. The molecule has 0 aliphatic rings. The predicted molar refractivity (Wildman–Crippen MR) is 66.5 cm³/mol. The molecule has 2 N–H and O–H groups in total. The molecule has 7 nitrogen and oxygen atoms in total. The number of aromatic amines is 1. The van der Waals surface area contributed by atoms with Gasteiger partial charge in [-0.15, -0.1) is 0 Å². The first-order valence-electron chi connectivity index (χ1n) is 5.66. The smallest absolute Gasteiger partial charge is 0.332 e. The molecule has 0 saturated heterocycles. The predicted octanol–water partition coefficient (Wildman–Crippen LogP) is -0.416. The van der Waals surface area contributed by atoms with Crippen molar-refractivity contribution in [1.82, 2.24) is 19.1 Å². The first-order valence-corrected chi connectivity index (χ1v) is 5.66. The number of imidazole rings is 1. The summed E-state index contributed by atoms with van der Waals surface area (Å²) in [7, 11) is 1.56. The Hall–Kier alpha value is -1.89. The average molecular weight is 252 g/mol. The van der Waals surface area contributed by atoms with Gasteiger partial charge in [-0.1, -0.05) is 0 Å². The van der Waals surface area contributed by atoms with Crippen molar-refractivity contribution in [1.29, 1.82) is 0 Å². The summed E-state index contributed by atoms with van der Waals surface area (Å²) in [4.78, 5) is 30.7. The molecule has 98 valence electrons. The molecule has 2 aromatic heterocycles. The maximum atomic E-state index is 12.1. The maximum Gasteiger partial charge on any atom is 0.332 e. The summed E-state index contributed by atoms with van der Waals surface area (Å²) in [5, 5.41) is 9.66. The van der Waals surface area contributed by atoms with E-state index in [1.54, 1.807) is 20.9 Å². The Morgan fingerprint density at radius 3 is 2.72 bits per heavy atom. The van der Waals surface area contributed by atoms with Crippen molar-refractivity contribution >= 4 is 11.2 Å². The Labute approximate surface area is 103 Å². The molecule has 2 aromatic rings. The Balaban J connectivity index is 2.57. The number of nitrogens with one attached hydrogen (secondary N) is 1. The summed E-state index contributed by atoms with van der Waals surface area (Å²) < 4.78 is 2.43. The van der Waals surface area contributed by atoms with E-state index in [1.807, 2.05) is 0 Å². The van der Waals surface area contributed by atoms with Gasteiger partial charge < -0.3 is 10.1 Å². The minimum atomic E-state index is -0.923. The fourth-order valence-corrected chi connectivity index (χ4v) is 1.77. The summed E-state index contributed by atoms with van der Waals surface area (Å²) in [6.07, 6.45) is 1.70. The molecule has 7 heteroatoms. The molecular weight excluding hydrogens is 236 g/mol. The van der Waals surface area contributed by atoms with Gasteiger partial charge in [-0.25, -0.2) is 9.78 Å². The van der Waals surface area contributed by atoms with Crippen LogP contribution >= 0.6 is 0 Å². The van der Waals surface area contributed by atoms with E-state index in [-0.39, 0.29) is 6.54 Å². The van der Waals surface area contributed by atoms with Crippen LogP contribution < -0.4 is 11.2 Å². The molecule has 0 aromatic carbocycles. The van der Waals surface area contributed by atoms with Gasteiger partial charge >= 0.3 is 5.69 Å². The standard InChI is InChI=1S/C11H16N4O3/c1-11(2,18)4-5-15-9(16)7-8(13-6-12-7)14(3)10(15)17/h6,18H,4-5H2,1-3H3,(H,12,13). The number of rotatable bonds is 3. The largest absolute Gasteiger partial charge is 0.390 e. The van der Waals surface area contributed by atoms with E-state index in [1.165, 1.54) is 10.9 Å². The van der Waals surface area contributed by atoms with Crippen LogP contribution in [0.4, 0.5) is 0 Å². The molecule has 2 heterocycles. The van der Waals surface area contributed by atoms with Crippen LogP contribution in [0.15, 0.2) is 15.9 Å². The quantitative estimate of drug-likeness (QED) is 0.776. The molecule has 0 aliphatic carbocycles. The lowest BCUT2D eigenvalue weighted by Crippen LogP contribution is -2.40. The third kappa shape index (κ3) is 2.08. The van der Waals surface area contributed by atoms with Gasteiger partial charge in [0.1, 0.15) is 5.52 Å². The van der Waals surface area contributed by atoms with E-state index >= 15 is 0 Å². The van der Waals surface area contributed by atoms with Gasteiger partial charge in [-0.3, -0.25) is 13.9 Å². The van der Waals surface area contributed by atoms with Gasteiger partial charge in [-0.2, -0.15) is 0 Å². The summed E-state index contributed by atoms with van der Waals surface area (Å²) in [5.41, 5.74) is -1.12. The lowest BCUT2D eigenvalue weighted by Gasteiger charge is -2.17. The lowest BCUT2D eigenvalue weighted by molar-refractivity contribution is 0.0655. The van der Waals surface area contributed by atoms with E-state index in [4.69, 9.17) is 0 Å². The zero-order valence-electron chi connectivity index (χ0n) is 10.6. The summed E-state index contributed by atoms with van der Waals surface area (Å²) in [6.45, 7) is 3.44. The SMILES string of the molecule is Cn1c(=O)n(CCC(C)(C)O)c(=O)c2[nH]cnc21. The van der Waals surface area contributed by atoms with Crippen molar-refractivity contribution in [3.8, 4) is 0 Å². The minimum absolute atomic E-state index is 0.171. The first-order chi connectivity index (χ1) is 8.31. The fourth-order valence-electron chi connectivity index (χ4n) is 1.77. The zero-order valence-corrected chi connectivity index (χ0v) is 10.6. The van der Waals surface area contributed by atoms with Crippen LogP contribution in [-0.2, 0) is 13.6 Å². The van der Waals surface area contributed by atoms with Crippen molar-refractivity contribution in [2.45, 2.75) is 32.4 Å². The monoisotopic (exact) mass is 252 g/mol. The second-order valence-electron chi connectivity index (χ2n) is 4.96. The van der Waals surface area contributed by atoms with E-state index in [2.05, 4.69) is 9.97 Å². The third-order valence-electron chi connectivity index (χ3n) is 2.86. The second-order valence-corrected chi connectivity index (χ2v) is 4.96. The molecule has 0 saturated carbocycles. The zero-order chi connectivity index (χ0) is 13.5. The molecule has 2 rings (SSSR count). The van der Waals surface area contributed by atoms with Crippen LogP contribution in [0.1, 0.15) is 20.3 Å². The Morgan fingerprint density at radius 2 is 2.11 bits per heavy atom. The minimum Gasteiger partial charge on any atom is -0.390 e. The second kappa shape index (κ2) is 4.09. The van der Waals surface area contributed by atoms with Gasteiger partial charge in [0.15, 0.2) is 5.65 Å². The van der Waals surface area contributed by atoms with Crippen LogP contribution in [0.5, 0.6) is 0 Å². The third-order valence-corrected chi connectivity index (χ3v) is 2.86. The van der Waals surface area contributed by atoms with Crippen molar-refractivity contribution in [2.24, 2.45) is 7.05 Å². The van der Waals surface area contributed by atoms with Crippen LogP contribution in [0, 0.1) is 0 Å². The summed E-state index contributed by atoms with van der Waals surface area (Å²) >= 11 is 0. The molecule has 0 amide bonds. The Kier molecular flexibility index (Phi) is 2.86. The highest BCUT2D eigenvalue weighted by Crippen LogP contribution is 2.07. The maximum absolute atomic E-state index is 12.1. The average Bonchev–Trinajstić information content (AvgIpc) is 2.73. The molecule has 0 aliphatic heterocycles. The summed E-state index contributed by atoms with van der Waals surface area (Å²) in [5.74, 6) is 0. The van der Waals surface area contributed by atoms with Crippen LogP contribution in [0.25, 0.3) is 11.2 Å². The van der Waals surface area contributed by atoms with Crippen molar-refractivity contribution < 1.29 is 5.11 Å². The van der Waals surface area contributed by atoms with Crippen molar-refractivity contribution in [2.75, 3.05) is 0 Å². The van der Waals surface area contributed by atoms with E-state index in [0.29, 0.717) is 17.6 Å². The highest BCUT2D eigenvalue weighted by molar-refractivity contribution is 5.68. The molecule has 0 atom stereocenters. The molecule has 0 fully saturated rings. The highest BCUT2D eigenvalue weighted by atomic mass is 16.3. The molecular formula is C11H16N4O3. The number of aliphatic hydroxyl groups is 1. The number of aryl methyl sites for hydroxylation is 1. The van der Waals surface area contributed by atoms with Crippen LogP contribution in [0.3, 0.4) is 0 Å².